The van der Waals surface area contributed by atoms with Gasteiger partial charge in [0.05, 0.1) is 23.5 Å². The first-order chi connectivity index (χ1) is 12.6. The van der Waals surface area contributed by atoms with Gasteiger partial charge in [0.25, 0.3) is 5.91 Å². The number of anilines is 2. The number of fused-ring (bicyclic) bond motifs is 1. The molecule has 4 rings (SSSR count). The van der Waals surface area contributed by atoms with Crippen molar-refractivity contribution in [2.75, 3.05) is 24.3 Å². The van der Waals surface area contributed by atoms with E-state index in [1.165, 1.54) is 18.7 Å². The lowest BCUT2D eigenvalue weighted by atomic mass is 10.1. The SMILES string of the molecule is Nc1nc(NC(=O)c2cnoc2)cnc1-c1cc(Cl)cc2c1OCCO2. The van der Waals surface area contributed by atoms with Crippen molar-refractivity contribution in [2.24, 2.45) is 0 Å². The number of hydrogen-bond acceptors (Lipinski definition) is 8. The predicted molar refractivity (Wildman–Crippen MR) is 92.3 cm³/mol. The first-order valence-electron chi connectivity index (χ1n) is 7.54. The average molecular weight is 374 g/mol. The lowest BCUT2D eigenvalue weighted by Gasteiger charge is -2.21. The zero-order valence-electron chi connectivity index (χ0n) is 13.2. The van der Waals surface area contributed by atoms with Crippen LogP contribution in [0.1, 0.15) is 10.4 Å². The van der Waals surface area contributed by atoms with Gasteiger partial charge >= 0.3 is 0 Å². The minimum absolute atomic E-state index is 0.103. The molecule has 26 heavy (non-hydrogen) atoms. The van der Waals surface area contributed by atoms with Crippen LogP contribution in [0.5, 0.6) is 11.5 Å². The van der Waals surface area contributed by atoms with E-state index in [9.17, 15) is 4.79 Å². The summed E-state index contributed by atoms with van der Waals surface area (Å²) in [6.45, 7) is 0.837. The molecule has 0 aliphatic carbocycles. The number of ether oxygens (including phenoxy) is 2. The number of nitrogens with one attached hydrogen (secondary N) is 1. The van der Waals surface area contributed by atoms with Crippen molar-refractivity contribution in [3.8, 4) is 22.8 Å². The minimum Gasteiger partial charge on any atom is -0.486 e. The van der Waals surface area contributed by atoms with Gasteiger partial charge in [-0.2, -0.15) is 0 Å². The average Bonchev–Trinajstić information content (AvgIpc) is 3.16. The molecule has 1 amide bonds. The first-order valence-corrected chi connectivity index (χ1v) is 7.92. The van der Waals surface area contributed by atoms with Gasteiger partial charge in [0, 0.05) is 11.1 Å². The van der Waals surface area contributed by atoms with E-state index in [1.807, 2.05) is 0 Å². The van der Waals surface area contributed by atoms with Crippen molar-refractivity contribution in [2.45, 2.75) is 0 Å². The smallest absolute Gasteiger partial charge is 0.261 e. The molecule has 0 saturated carbocycles. The fourth-order valence-corrected chi connectivity index (χ4v) is 2.68. The van der Waals surface area contributed by atoms with Crippen molar-refractivity contribution in [3.05, 3.63) is 41.4 Å². The Bertz CT molecular complexity index is 977. The number of halogens is 1. The predicted octanol–water partition coefficient (Wildman–Crippen LogP) is 2.39. The zero-order chi connectivity index (χ0) is 18.1. The molecule has 9 nitrogen and oxygen atoms in total. The van der Waals surface area contributed by atoms with Gasteiger partial charge in [-0.05, 0) is 6.07 Å². The van der Waals surface area contributed by atoms with E-state index < -0.39 is 5.91 Å². The molecule has 3 heterocycles. The summed E-state index contributed by atoms with van der Waals surface area (Å²) in [6.07, 6.45) is 3.89. The molecule has 3 aromatic rings. The van der Waals surface area contributed by atoms with Crippen LogP contribution in [0.15, 0.2) is 35.3 Å². The molecular formula is C16H12ClN5O4. The Labute approximate surface area is 152 Å². The summed E-state index contributed by atoms with van der Waals surface area (Å²) in [5.74, 6) is 0.870. The summed E-state index contributed by atoms with van der Waals surface area (Å²) in [4.78, 5) is 20.5. The number of aromatic nitrogens is 3. The molecule has 0 spiro atoms. The van der Waals surface area contributed by atoms with Gasteiger partial charge in [0.1, 0.15) is 25.2 Å². The van der Waals surface area contributed by atoms with Gasteiger partial charge in [0.15, 0.2) is 23.1 Å². The van der Waals surface area contributed by atoms with E-state index in [-0.39, 0.29) is 17.2 Å². The molecule has 0 atom stereocenters. The second-order valence-corrected chi connectivity index (χ2v) is 5.77. The quantitative estimate of drug-likeness (QED) is 0.716. The highest BCUT2D eigenvalue weighted by molar-refractivity contribution is 6.31. The van der Waals surface area contributed by atoms with Crippen molar-refractivity contribution >= 4 is 29.1 Å². The van der Waals surface area contributed by atoms with Crippen LogP contribution in [0, 0.1) is 0 Å². The lowest BCUT2D eigenvalue weighted by molar-refractivity contribution is 0.102. The van der Waals surface area contributed by atoms with Crippen molar-refractivity contribution in [1.29, 1.82) is 0 Å². The first kappa shape index (κ1) is 16.2. The number of carbonyl (C=O) groups is 1. The van der Waals surface area contributed by atoms with E-state index >= 15 is 0 Å². The third kappa shape index (κ3) is 3.00. The van der Waals surface area contributed by atoms with Crippen LogP contribution in [0.2, 0.25) is 5.02 Å². The monoisotopic (exact) mass is 373 g/mol. The molecule has 1 aromatic carbocycles. The van der Waals surface area contributed by atoms with Crippen LogP contribution in [0.25, 0.3) is 11.3 Å². The Kier molecular flexibility index (Phi) is 4.05. The van der Waals surface area contributed by atoms with Crippen LogP contribution in [-0.2, 0) is 0 Å². The maximum absolute atomic E-state index is 12.0. The molecular weight excluding hydrogens is 362 g/mol. The highest BCUT2D eigenvalue weighted by Crippen LogP contribution is 2.43. The number of carbonyl (C=O) groups excluding carboxylic acids is 1. The highest BCUT2D eigenvalue weighted by atomic mass is 35.5. The summed E-state index contributed by atoms with van der Waals surface area (Å²) in [5.41, 5.74) is 7.23. The van der Waals surface area contributed by atoms with Gasteiger partial charge in [0.2, 0.25) is 0 Å². The van der Waals surface area contributed by atoms with Crippen molar-refractivity contribution in [3.63, 3.8) is 0 Å². The normalized spacial score (nSPS) is 12.7. The summed E-state index contributed by atoms with van der Waals surface area (Å²) in [6, 6.07) is 3.33. The van der Waals surface area contributed by atoms with Crippen LogP contribution in [0.3, 0.4) is 0 Å². The summed E-state index contributed by atoms with van der Waals surface area (Å²) in [7, 11) is 0. The second kappa shape index (κ2) is 6.52. The van der Waals surface area contributed by atoms with E-state index in [2.05, 4.69) is 25.0 Å². The number of benzene rings is 1. The molecule has 10 heteroatoms. The largest absolute Gasteiger partial charge is 0.486 e. The van der Waals surface area contributed by atoms with Gasteiger partial charge in [-0.3, -0.25) is 4.79 Å². The van der Waals surface area contributed by atoms with Gasteiger partial charge in [-0.1, -0.05) is 16.8 Å². The number of nitrogens with zero attached hydrogens (tertiary/aromatic N) is 3. The summed E-state index contributed by atoms with van der Waals surface area (Å²) < 4.78 is 15.9. The van der Waals surface area contributed by atoms with Gasteiger partial charge in [-0.25, -0.2) is 9.97 Å². The van der Waals surface area contributed by atoms with E-state index in [4.69, 9.17) is 26.8 Å². The van der Waals surface area contributed by atoms with Crippen LogP contribution >= 0.6 is 11.6 Å². The standard InChI is InChI=1S/C16H12ClN5O4/c17-9-3-10(14-11(4-9)24-1-2-25-14)13-15(18)21-12(6-19-13)22-16(23)8-5-20-26-7-8/h3-7H,1-2H2,(H3,18,21,22,23). The second-order valence-electron chi connectivity index (χ2n) is 5.33. The molecule has 2 aromatic heterocycles. The molecule has 0 radical (unpaired) electrons. The fraction of sp³-hybridized carbons (Fsp3) is 0.125. The molecule has 0 fully saturated rings. The van der Waals surface area contributed by atoms with Gasteiger partial charge < -0.3 is 25.0 Å². The van der Waals surface area contributed by atoms with E-state index in [0.717, 1.165) is 0 Å². The summed E-state index contributed by atoms with van der Waals surface area (Å²) in [5, 5.41) is 6.49. The van der Waals surface area contributed by atoms with Crippen molar-refractivity contribution < 1.29 is 18.8 Å². The number of amides is 1. The molecule has 3 N–H and O–H groups in total. The molecule has 1 aliphatic rings. The summed E-state index contributed by atoms with van der Waals surface area (Å²) >= 11 is 6.14. The van der Waals surface area contributed by atoms with E-state index in [0.29, 0.717) is 41.0 Å². The van der Waals surface area contributed by atoms with Crippen LogP contribution < -0.4 is 20.5 Å². The number of nitrogens with two attached hydrogens (primary N) is 1. The third-order valence-corrected chi connectivity index (χ3v) is 3.82. The third-order valence-electron chi connectivity index (χ3n) is 3.60. The molecule has 0 saturated heterocycles. The van der Waals surface area contributed by atoms with Crippen LogP contribution in [0.4, 0.5) is 11.6 Å². The van der Waals surface area contributed by atoms with Crippen LogP contribution in [-0.4, -0.2) is 34.2 Å². The Morgan fingerprint density at radius 3 is 2.85 bits per heavy atom. The Morgan fingerprint density at radius 2 is 2.08 bits per heavy atom. The maximum atomic E-state index is 12.0. The highest BCUT2D eigenvalue weighted by Gasteiger charge is 2.22. The molecule has 0 bridgehead atoms. The topological polar surface area (TPSA) is 125 Å². The number of nitrogen functional groups attached to an aromatic ring is 1. The van der Waals surface area contributed by atoms with Gasteiger partial charge in [-0.15, -0.1) is 0 Å². The molecule has 1 aliphatic heterocycles. The van der Waals surface area contributed by atoms with Crippen molar-refractivity contribution in [1.82, 2.24) is 15.1 Å². The number of rotatable bonds is 3. The molecule has 132 valence electrons. The van der Waals surface area contributed by atoms with E-state index in [1.54, 1.807) is 12.1 Å². The number of hydrogen-bond donors (Lipinski definition) is 2. The Hall–Kier alpha value is -3.33. The minimum atomic E-state index is -0.440. The Morgan fingerprint density at radius 1 is 1.23 bits per heavy atom. The Balaban J connectivity index is 1.67. The maximum Gasteiger partial charge on any atom is 0.261 e. The lowest BCUT2D eigenvalue weighted by Crippen LogP contribution is -2.16. The zero-order valence-corrected chi connectivity index (χ0v) is 14.0. The fourth-order valence-electron chi connectivity index (χ4n) is 2.47. The molecule has 0 unspecified atom stereocenters.